The molecule has 0 fully saturated rings. The number of alkyl halides is 2. The molecule has 1 rings (SSSR count). The number of halogens is 2. The Kier molecular flexibility index (Phi) is 5.71. The third-order valence-corrected chi connectivity index (χ3v) is 2.69. The first-order valence-corrected chi connectivity index (χ1v) is 5.83. The van der Waals surface area contributed by atoms with E-state index in [4.69, 9.17) is 5.73 Å². The van der Waals surface area contributed by atoms with E-state index in [0.717, 1.165) is 10.5 Å². The minimum Gasteiger partial charge on any atom is -0.339 e. The van der Waals surface area contributed by atoms with E-state index in [2.05, 4.69) is 0 Å². The van der Waals surface area contributed by atoms with E-state index >= 15 is 0 Å². The maximum absolute atomic E-state index is 12.1. The standard InChI is InChI=1S/C13H18F2N2O/c1-17(9-12(14)15)13(18)11(16)8-7-10-5-3-2-4-6-10/h2-6,11-12H,7-9,16H2,1H3. The Labute approximate surface area is 106 Å². The van der Waals surface area contributed by atoms with Crippen LogP contribution in [0.3, 0.4) is 0 Å². The highest BCUT2D eigenvalue weighted by Crippen LogP contribution is 2.06. The zero-order chi connectivity index (χ0) is 13.5. The van der Waals surface area contributed by atoms with Gasteiger partial charge in [0.25, 0.3) is 6.43 Å². The summed E-state index contributed by atoms with van der Waals surface area (Å²) in [5.74, 6) is -0.439. The summed E-state index contributed by atoms with van der Waals surface area (Å²) in [5.41, 5.74) is 6.79. The number of nitrogens with zero attached hydrogens (tertiary/aromatic N) is 1. The first-order valence-electron chi connectivity index (χ1n) is 5.83. The molecule has 1 unspecified atom stereocenters. The lowest BCUT2D eigenvalue weighted by Crippen LogP contribution is -2.43. The van der Waals surface area contributed by atoms with E-state index in [1.165, 1.54) is 7.05 Å². The Bertz CT molecular complexity index is 371. The van der Waals surface area contributed by atoms with Crippen LogP contribution in [0, 0.1) is 0 Å². The summed E-state index contributed by atoms with van der Waals surface area (Å²) in [6, 6.07) is 8.89. The highest BCUT2D eigenvalue weighted by Gasteiger charge is 2.20. The minimum atomic E-state index is -2.53. The molecule has 0 aliphatic heterocycles. The Morgan fingerprint density at radius 1 is 1.33 bits per heavy atom. The maximum Gasteiger partial charge on any atom is 0.255 e. The lowest BCUT2D eigenvalue weighted by Gasteiger charge is -2.20. The van der Waals surface area contributed by atoms with Crippen molar-refractivity contribution in [2.45, 2.75) is 25.3 Å². The molecule has 0 radical (unpaired) electrons. The van der Waals surface area contributed by atoms with Crippen molar-refractivity contribution in [2.75, 3.05) is 13.6 Å². The molecule has 0 aromatic heterocycles. The number of carbonyl (C=O) groups is 1. The van der Waals surface area contributed by atoms with Crippen molar-refractivity contribution in [3.8, 4) is 0 Å². The number of nitrogens with two attached hydrogens (primary N) is 1. The van der Waals surface area contributed by atoms with Crippen LogP contribution < -0.4 is 5.73 Å². The zero-order valence-corrected chi connectivity index (χ0v) is 10.4. The van der Waals surface area contributed by atoms with Crippen molar-refractivity contribution in [1.82, 2.24) is 4.90 Å². The van der Waals surface area contributed by atoms with Crippen LogP contribution in [0.25, 0.3) is 0 Å². The lowest BCUT2D eigenvalue weighted by atomic mass is 10.1. The molecule has 1 amide bonds. The van der Waals surface area contributed by atoms with Crippen LogP contribution in [-0.4, -0.2) is 36.9 Å². The molecule has 0 aliphatic carbocycles. The second-order valence-corrected chi connectivity index (χ2v) is 4.24. The van der Waals surface area contributed by atoms with Crippen LogP contribution in [0.4, 0.5) is 8.78 Å². The predicted molar refractivity (Wildman–Crippen MR) is 66.4 cm³/mol. The topological polar surface area (TPSA) is 46.3 Å². The van der Waals surface area contributed by atoms with Crippen LogP contribution >= 0.6 is 0 Å². The average Bonchev–Trinajstić information content (AvgIpc) is 2.35. The van der Waals surface area contributed by atoms with Crippen molar-refractivity contribution >= 4 is 5.91 Å². The number of aryl methyl sites for hydroxylation is 1. The fourth-order valence-electron chi connectivity index (χ4n) is 1.67. The largest absolute Gasteiger partial charge is 0.339 e. The Morgan fingerprint density at radius 3 is 2.50 bits per heavy atom. The van der Waals surface area contributed by atoms with Gasteiger partial charge in [0.1, 0.15) is 0 Å². The summed E-state index contributed by atoms with van der Waals surface area (Å²) < 4.78 is 24.3. The van der Waals surface area contributed by atoms with E-state index < -0.39 is 24.9 Å². The second-order valence-electron chi connectivity index (χ2n) is 4.24. The van der Waals surface area contributed by atoms with Gasteiger partial charge in [-0.2, -0.15) is 0 Å². The first-order chi connectivity index (χ1) is 8.50. The molecule has 5 heteroatoms. The monoisotopic (exact) mass is 256 g/mol. The summed E-state index contributed by atoms with van der Waals surface area (Å²) >= 11 is 0. The second kappa shape index (κ2) is 7.06. The Morgan fingerprint density at radius 2 is 1.94 bits per heavy atom. The van der Waals surface area contributed by atoms with Gasteiger partial charge in [0.05, 0.1) is 12.6 Å². The molecule has 0 bridgehead atoms. The molecule has 18 heavy (non-hydrogen) atoms. The maximum atomic E-state index is 12.1. The van der Waals surface area contributed by atoms with Gasteiger partial charge in [-0.05, 0) is 18.4 Å². The summed E-state index contributed by atoms with van der Waals surface area (Å²) in [4.78, 5) is 12.7. The number of hydrogen-bond donors (Lipinski definition) is 1. The molecule has 1 atom stereocenters. The van der Waals surface area contributed by atoms with Gasteiger partial charge in [-0.15, -0.1) is 0 Å². The van der Waals surface area contributed by atoms with E-state index in [0.29, 0.717) is 12.8 Å². The summed E-state index contributed by atoms with van der Waals surface area (Å²) in [7, 11) is 1.34. The molecule has 3 nitrogen and oxygen atoms in total. The summed E-state index contributed by atoms with van der Waals surface area (Å²) in [5, 5.41) is 0. The molecular weight excluding hydrogens is 238 g/mol. The molecule has 0 spiro atoms. The zero-order valence-electron chi connectivity index (χ0n) is 10.4. The normalized spacial score (nSPS) is 12.5. The smallest absolute Gasteiger partial charge is 0.255 e. The predicted octanol–water partition coefficient (Wildman–Crippen LogP) is 1.67. The fraction of sp³-hybridized carbons (Fsp3) is 0.462. The van der Waals surface area contributed by atoms with E-state index in [9.17, 15) is 13.6 Å². The molecule has 0 heterocycles. The summed E-state index contributed by atoms with van der Waals surface area (Å²) in [6.45, 7) is -0.572. The average molecular weight is 256 g/mol. The van der Waals surface area contributed by atoms with Crippen molar-refractivity contribution in [2.24, 2.45) is 5.73 Å². The summed E-state index contributed by atoms with van der Waals surface area (Å²) in [6.07, 6.45) is -1.41. The van der Waals surface area contributed by atoms with Crippen molar-refractivity contribution in [1.29, 1.82) is 0 Å². The van der Waals surface area contributed by atoms with Crippen LogP contribution in [0.2, 0.25) is 0 Å². The number of rotatable bonds is 6. The molecule has 1 aromatic carbocycles. The van der Waals surface area contributed by atoms with Gasteiger partial charge in [0, 0.05) is 7.05 Å². The van der Waals surface area contributed by atoms with Gasteiger partial charge in [0.2, 0.25) is 5.91 Å². The third-order valence-electron chi connectivity index (χ3n) is 2.69. The van der Waals surface area contributed by atoms with Gasteiger partial charge in [0.15, 0.2) is 0 Å². The van der Waals surface area contributed by atoms with Crippen LogP contribution in [0.1, 0.15) is 12.0 Å². The molecule has 0 aliphatic rings. The SMILES string of the molecule is CN(CC(F)F)C(=O)C(N)CCc1ccccc1. The Hall–Kier alpha value is -1.49. The minimum absolute atomic E-state index is 0.439. The number of benzene rings is 1. The quantitative estimate of drug-likeness (QED) is 0.841. The number of carbonyl (C=O) groups excluding carboxylic acids is 1. The van der Waals surface area contributed by atoms with Crippen molar-refractivity contribution < 1.29 is 13.6 Å². The number of hydrogen-bond acceptors (Lipinski definition) is 2. The molecule has 100 valence electrons. The van der Waals surface area contributed by atoms with Gasteiger partial charge >= 0.3 is 0 Å². The highest BCUT2D eigenvalue weighted by atomic mass is 19.3. The van der Waals surface area contributed by atoms with Gasteiger partial charge in [-0.25, -0.2) is 8.78 Å². The molecule has 0 saturated carbocycles. The fourth-order valence-corrected chi connectivity index (χ4v) is 1.67. The van der Waals surface area contributed by atoms with Crippen molar-refractivity contribution in [3.05, 3.63) is 35.9 Å². The van der Waals surface area contributed by atoms with E-state index in [1.807, 2.05) is 30.3 Å². The van der Waals surface area contributed by atoms with Crippen LogP contribution in [-0.2, 0) is 11.2 Å². The molecular formula is C13H18F2N2O. The van der Waals surface area contributed by atoms with Gasteiger partial charge in [-0.1, -0.05) is 30.3 Å². The molecule has 0 saturated heterocycles. The van der Waals surface area contributed by atoms with Gasteiger partial charge in [-0.3, -0.25) is 4.79 Å². The highest BCUT2D eigenvalue weighted by molar-refractivity contribution is 5.81. The Balaban J connectivity index is 2.40. The number of amides is 1. The van der Waals surface area contributed by atoms with Crippen molar-refractivity contribution in [3.63, 3.8) is 0 Å². The molecule has 2 N–H and O–H groups in total. The lowest BCUT2D eigenvalue weighted by molar-refractivity contribution is -0.133. The molecule has 1 aromatic rings. The van der Waals surface area contributed by atoms with Crippen LogP contribution in [0.5, 0.6) is 0 Å². The van der Waals surface area contributed by atoms with Crippen LogP contribution in [0.15, 0.2) is 30.3 Å². The number of likely N-dealkylation sites (N-methyl/N-ethyl adjacent to an activating group) is 1. The van der Waals surface area contributed by atoms with Gasteiger partial charge < -0.3 is 10.6 Å². The third kappa shape index (κ3) is 4.79. The first kappa shape index (κ1) is 14.6. The van der Waals surface area contributed by atoms with E-state index in [1.54, 1.807) is 0 Å². The van der Waals surface area contributed by atoms with E-state index in [-0.39, 0.29) is 0 Å².